The van der Waals surface area contributed by atoms with Gasteiger partial charge in [0.2, 0.25) is 0 Å². The average Bonchev–Trinajstić information content (AvgIpc) is 2.62. The van der Waals surface area contributed by atoms with Crippen LogP contribution in [0.1, 0.15) is 31.2 Å². The quantitative estimate of drug-likeness (QED) is 0.869. The van der Waals surface area contributed by atoms with E-state index in [9.17, 15) is 5.11 Å². The maximum atomic E-state index is 10.1. The molecule has 0 unspecified atom stereocenters. The lowest BCUT2D eigenvalue weighted by Gasteiger charge is -2.20. The molecule has 1 aliphatic carbocycles. The van der Waals surface area contributed by atoms with Crippen LogP contribution in [0.2, 0.25) is 0 Å². The number of aliphatic hydroxyl groups is 1. The van der Waals surface area contributed by atoms with Crippen LogP contribution >= 0.6 is 15.9 Å². The second-order valence-corrected chi connectivity index (χ2v) is 4.65. The highest BCUT2D eigenvalue weighted by atomic mass is 79.9. The van der Waals surface area contributed by atoms with E-state index in [-0.39, 0.29) is 0 Å². The number of furan rings is 1. The number of halogens is 1. The fourth-order valence-electron chi connectivity index (χ4n) is 2.03. The van der Waals surface area contributed by atoms with Gasteiger partial charge in [0.25, 0.3) is 0 Å². The molecule has 13 heavy (non-hydrogen) atoms. The summed E-state index contributed by atoms with van der Waals surface area (Å²) in [5.74, 6) is 0. The van der Waals surface area contributed by atoms with E-state index in [4.69, 9.17) is 4.42 Å². The molecule has 1 heterocycles. The zero-order valence-electron chi connectivity index (χ0n) is 7.42. The molecule has 1 N–H and O–H groups in total. The van der Waals surface area contributed by atoms with E-state index >= 15 is 0 Å². The Labute approximate surface area is 86.1 Å². The fourth-order valence-corrected chi connectivity index (χ4v) is 2.42. The van der Waals surface area contributed by atoms with Gasteiger partial charge in [-0.2, -0.15) is 0 Å². The third-order valence-electron chi connectivity index (χ3n) is 2.69. The van der Waals surface area contributed by atoms with E-state index in [1.807, 2.05) is 6.07 Å². The minimum absolute atomic E-state index is 0.469. The van der Waals surface area contributed by atoms with Crippen LogP contribution in [0.5, 0.6) is 0 Å². The lowest BCUT2D eigenvalue weighted by molar-refractivity contribution is 0.0480. The highest BCUT2D eigenvalue weighted by Gasteiger charge is 2.31. The van der Waals surface area contributed by atoms with Gasteiger partial charge in [-0.25, -0.2) is 0 Å². The lowest BCUT2D eigenvalue weighted by atomic mass is 9.95. The molecule has 1 aromatic heterocycles. The van der Waals surface area contributed by atoms with Crippen molar-refractivity contribution in [3.63, 3.8) is 0 Å². The van der Waals surface area contributed by atoms with Crippen molar-refractivity contribution in [3.8, 4) is 0 Å². The van der Waals surface area contributed by atoms with Crippen molar-refractivity contribution < 1.29 is 9.52 Å². The Morgan fingerprint density at radius 2 is 2.15 bits per heavy atom. The van der Waals surface area contributed by atoms with Crippen LogP contribution in [-0.4, -0.2) is 10.7 Å². The highest BCUT2D eigenvalue weighted by molar-refractivity contribution is 9.10. The first-order chi connectivity index (χ1) is 6.18. The van der Waals surface area contributed by atoms with Crippen LogP contribution in [0.15, 0.2) is 21.4 Å². The normalized spacial score (nSPS) is 20.8. The summed E-state index contributed by atoms with van der Waals surface area (Å²) in [6.07, 6.45) is 6.58. The Morgan fingerprint density at radius 1 is 1.46 bits per heavy atom. The van der Waals surface area contributed by atoms with Gasteiger partial charge >= 0.3 is 0 Å². The van der Waals surface area contributed by atoms with Crippen LogP contribution < -0.4 is 0 Å². The van der Waals surface area contributed by atoms with E-state index in [0.29, 0.717) is 0 Å². The molecular formula is C10H13BrO2. The molecular weight excluding hydrogens is 232 g/mol. The maximum absolute atomic E-state index is 10.1. The summed E-state index contributed by atoms with van der Waals surface area (Å²) in [4.78, 5) is 0. The number of hydrogen-bond acceptors (Lipinski definition) is 2. The molecule has 1 aliphatic rings. The predicted molar refractivity (Wildman–Crippen MR) is 53.5 cm³/mol. The van der Waals surface area contributed by atoms with Crippen LogP contribution in [-0.2, 0) is 6.42 Å². The minimum Gasteiger partial charge on any atom is -0.457 e. The third-order valence-corrected chi connectivity index (χ3v) is 3.11. The summed E-state index contributed by atoms with van der Waals surface area (Å²) in [6, 6.07) is 1.93. The molecule has 0 spiro atoms. The van der Waals surface area contributed by atoms with Gasteiger partial charge in [0.15, 0.2) is 4.67 Å². The topological polar surface area (TPSA) is 33.4 Å². The van der Waals surface area contributed by atoms with E-state index in [1.165, 1.54) is 0 Å². The van der Waals surface area contributed by atoms with Crippen molar-refractivity contribution in [2.45, 2.75) is 37.7 Å². The Kier molecular flexibility index (Phi) is 2.47. The molecule has 0 aliphatic heterocycles. The molecule has 1 saturated carbocycles. The summed E-state index contributed by atoms with van der Waals surface area (Å²) in [5.41, 5.74) is 0.611. The standard InChI is InChI=1S/C10H13BrO2/c11-9-5-8(7-13-9)6-10(12)3-1-2-4-10/h5,7,12H,1-4,6H2. The van der Waals surface area contributed by atoms with E-state index in [0.717, 1.165) is 42.3 Å². The second kappa shape index (κ2) is 3.46. The smallest absolute Gasteiger partial charge is 0.169 e. The molecule has 0 aromatic carbocycles. The average molecular weight is 245 g/mol. The molecule has 0 bridgehead atoms. The van der Waals surface area contributed by atoms with Crippen LogP contribution in [0, 0.1) is 0 Å². The molecule has 1 aromatic rings. The van der Waals surface area contributed by atoms with Gasteiger partial charge in [0.1, 0.15) is 0 Å². The summed E-state index contributed by atoms with van der Waals surface area (Å²) in [7, 11) is 0. The van der Waals surface area contributed by atoms with Crippen molar-refractivity contribution in [2.75, 3.05) is 0 Å². The molecule has 0 amide bonds. The zero-order chi connectivity index (χ0) is 9.31. The zero-order valence-corrected chi connectivity index (χ0v) is 9.01. The Hall–Kier alpha value is -0.280. The van der Waals surface area contributed by atoms with Crippen molar-refractivity contribution in [3.05, 3.63) is 22.6 Å². The first-order valence-corrected chi connectivity index (χ1v) is 5.43. The first-order valence-electron chi connectivity index (χ1n) is 4.63. The van der Waals surface area contributed by atoms with E-state index in [1.54, 1.807) is 6.26 Å². The lowest BCUT2D eigenvalue weighted by Crippen LogP contribution is -2.26. The van der Waals surface area contributed by atoms with Crippen molar-refractivity contribution in [1.82, 2.24) is 0 Å². The minimum atomic E-state index is -0.469. The van der Waals surface area contributed by atoms with Crippen molar-refractivity contribution in [1.29, 1.82) is 0 Å². The Balaban J connectivity index is 2.04. The summed E-state index contributed by atoms with van der Waals surface area (Å²) in [5, 5.41) is 10.1. The van der Waals surface area contributed by atoms with Crippen LogP contribution in [0.3, 0.4) is 0 Å². The molecule has 0 atom stereocenters. The van der Waals surface area contributed by atoms with Gasteiger partial charge in [-0.05, 0) is 40.4 Å². The predicted octanol–water partition coefficient (Wildman–Crippen LogP) is 2.89. The number of rotatable bonds is 2. The largest absolute Gasteiger partial charge is 0.457 e. The van der Waals surface area contributed by atoms with Crippen molar-refractivity contribution in [2.24, 2.45) is 0 Å². The van der Waals surface area contributed by atoms with Gasteiger partial charge in [0.05, 0.1) is 11.9 Å². The first kappa shape index (κ1) is 9.28. The molecule has 2 rings (SSSR count). The fraction of sp³-hybridized carbons (Fsp3) is 0.600. The molecule has 72 valence electrons. The van der Waals surface area contributed by atoms with Crippen molar-refractivity contribution >= 4 is 15.9 Å². The van der Waals surface area contributed by atoms with Gasteiger partial charge in [-0.1, -0.05) is 12.8 Å². The van der Waals surface area contributed by atoms with E-state index in [2.05, 4.69) is 15.9 Å². The summed E-state index contributed by atoms with van der Waals surface area (Å²) < 4.78 is 5.87. The molecule has 0 radical (unpaired) electrons. The van der Waals surface area contributed by atoms with Gasteiger partial charge in [-0.15, -0.1) is 0 Å². The van der Waals surface area contributed by atoms with Gasteiger partial charge < -0.3 is 9.52 Å². The SMILES string of the molecule is OC1(Cc2coc(Br)c2)CCCC1. The van der Waals surface area contributed by atoms with Gasteiger partial charge in [-0.3, -0.25) is 0 Å². The monoisotopic (exact) mass is 244 g/mol. The van der Waals surface area contributed by atoms with E-state index < -0.39 is 5.60 Å². The third kappa shape index (κ3) is 2.15. The second-order valence-electron chi connectivity index (χ2n) is 3.87. The van der Waals surface area contributed by atoms with Crippen LogP contribution in [0.4, 0.5) is 0 Å². The summed E-state index contributed by atoms with van der Waals surface area (Å²) in [6.45, 7) is 0. The van der Waals surface area contributed by atoms with Crippen LogP contribution in [0.25, 0.3) is 0 Å². The number of hydrogen-bond donors (Lipinski definition) is 1. The van der Waals surface area contributed by atoms with Gasteiger partial charge in [0, 0.05) is 6.42 Å². The molecule has 3 heteroatoms. The molecule has 0 saturated heterocycles. The summed E-state index contributed by atoms with van der Waals surface area (Å²) >= 11 is 3.25. The Bertz CT molecular complexity index is 287. The molecule has 1 fully saturated rings. The Morgan fingerprint density at radius 3 is 2.69 bits per heavy atom. The highest BCUT2D eigenvalue weighted by Crippen LogP contribution is 2.33. The molecule has 2 nitrogen and oxygen atoms in total. The maximum Gasteiger partial charge on any atom is 0.169 e.